The zero-order valence-electron chi connectivity index (χ0n) is 9.23. The first-order chi connectivity index (χ1) is 7.27. The Balaban J connectivity index is 0.00000128. The van der Waals surface area contributed by atoms with Crippen molar-refractivity contribution in [2.75, 3.05) is 0 Å². The molecule has 1 heterocycles. The summed E-state index contributed by atoms with van der Waals surface area (Å²) in [5, 5.41) is 0. The molecule has 0 aliphatic heterocycles. The third-order valence-corrected chi connectivity index (χ3v) is 3.76. The fourth-order valence-electron chi connectivity index (χ4n) is 2.35. The van der Waals surface area contributed by atoms with Gasteiger partial charge in [0.15, 0.2) is 0 Å². The monoisotopic (exact) mass is 304 g/mol. The van der Waals surface area contributed by atoms with Gasteiger partial charge in [-0.25, -0.2) is 4.98 Å². The van der Waals surface area contributed by atoms with Crippen LogP contribution in [0.2, 0.25) is 0 Å². The molecule has 0 spiro atoms. The molecule has 2 nitrogen and oxygen atoms in total. The van der Waals surface area contributed by atoms with Crippen LogP contribution in [-0.4, -0.2) is 4.98 Å². The average molecular weight is 306 g/mol. The van der Waals surface area contributed by atoms with Gasteiger partial charge in [-0.1, -0.05) is 25.3 Å². The van der Waals surface area contributed by atoms with E-state index in [-0.39, 0.29) is 18.4 Å². The molecule has 4 heteroatoms. The lowest BCUT2D eigenvalue weighted by molar-refractivity contribution is 0.308. The number of aromatic nitrogens is 1. The second kappa shape index (κ2) is 6.58. The summed E-state index contributed by atoms with van der Waals surface area (Å²) in [6.45, 7) is 0. The van der Waals surface area contributed by atoms with Gasteiger partial charge >= 0.3 is 0 Å². The maximum atomic E-state index is 6.26. The van der Waals surface area contributed by atoms with Crippen LogP contribution in [0.1, 0.15) is 43.7 Å². The predicted molar refractivity (Wildman–Crippen MR) is 72.7 cm³/mol. The Labute approximate surface area is 112 Å². The molecular weight excluding hydrogens is 288 g/mol. The predicted octanol–water partition coefficient (Wildman–Crippen LogP) is 3.85. The van der Waals surface area contributed by atoms with E-state index in [4.69, 9.17) is 5.73 Å². The van der Waals surface area contributed by atoms with Crippen LogP contribution in [0.25, 0.3) is 0 Å². The summed E-state index contributed by atoms with van der Waals surface area (Å²) in [6.07, 6.45) is 8.49. The van der Waals surface area contributed by atoms with Crippen molar-refractivity contribution < 1.29 is 0 Å². The smallest absolute Gasteiger partial charge is 0.106 e. The largest absolute Gasteiger partial charge is 0.324 e. The lowest BCUT2D eigenvalue weighted by atomic mass is 9.82. The zero-order valence-corrected chi connectivity index (χ0v) is 11.6. The van der Waals surface area contributed by atoms with Gasteiger partial charge in [-0.15, -0.1) is 12.4 Å². The van der Waals surface area contributed by atoms with Crippen LogP contribution >= 0.6 is 28.3 Å². The molecule has 1 aliphatic carbocycles. The molecule has 0 amide bonds. The fourth-order valence-corrected chi connectivity index (χ4v) is 2.58. The van der Waals surface area contributed by atoms with E-state index in [9.17, 15) is 0 Å². The maximum Gasteiger partial charge on any atom is 0.106 e. The molecule has 0 unspecified atom stereocenters. The normalized spacial score (nSPS) is 18.9. The molecule has 1 aromatic rings. The van der Waals surface area contributed by atoms with Crippen molar-refractivity contribution in [1.82, 2.24) is 4.98 Å². The lowest BCUT2D eigenvalue weighted by Gasteiger charge is -2.27. The number of nitrogens with two attached hydrogens (primary N) is 1. The standard InChI is InChI=1S/C12H17BrN2.ClH/c13-11-7-6-10(8-15-11)12(14)9-4-2-1-3-5-9;/h6-9,12H,1-5,14H2;1H/t12-;/m0./s1. The van der Waals surface area contributed by atoms with Crippen molar-refractivity contribution in [2.24, 2.45) is 11.7 Å². The molecule has 16 heavy (non-hydrogen) atoms. The van der Waals surface area contributed by atoms with Gasteiger partial charge in [-0.05, 0) is 46.3 Å². The minimum absolute atomic E-state index is 0. The number of halogens is 2. The topological polar surface area (TPSA) is 38.9 Å². The number of nitrogens with zero attached hydrogens (tertiary/aromatic N) is 1. The van der Waals surface area contributed by atoms with Gasteiger partial charge in [0.05, 0.1) is 0 Å². The maximum absolute atomic E-state index is 6.26. The van der Waals surface area contributed by atoms with Crippen LogP contribution in [-0.2, 0) is 0 Å². The first-order valence-corrected chi connectivity index (χ1v) is 6.43. The SMILES string of the molecule is Cl.N[C@H](c1ccc(Br)nc1)C1CCCCC1. The number of hydrogen-bond acceptors (Lipinski definition) is 2. The average Bonchev–Trinajstić information content (AvgIpc) is 2.30. The van der Waals surface area contributed by atoms with Gasteiger partial charge in [0.1, 0.15) is 4.60 Å². The van der Waals surface area contributed by atoms with E-state index >= 15 is 0 Å². The first kappa shape index (κ1) is 13.9. The molecular formula is C12H18BrClN2. The van der Waals surface area contributed by atoms with Crippen molar-refractivity contribution in [1.29, 1.82) is 0 Å². The Morgan fingerprint density at radius 3 is 2.50 bits per heavy atom. The highest BCUT2D eigenvalue weighted by molar-refractivity contribution is 9.10. The Bertz CT molecular complexity index is 309. The van der Waals surface area contributed by atoms with Crippen molar-refractivity contribution in [3.63, 3.8) is 0 Å². The van der Waals surface area contributed by atoms with Crippen molar-refractivity contribution >= 4 is 28.3 Å². The van der Waals surface area contributed by atoms with Gasteiger partial charge in [0.2, 0.25) is 0 Å². The third-order valence-electron chi connectivity index (χ3n) is 3.29. The Kier molecular flexibility index (Phi) is 5.73. The molecule has 0 radical (unpaired) electrons. The van der Waals surface area contributed by atoms with Gasteiger partial charge in [0, 0.05) is 12.2 Å². The van der Waals surface area contributed by atoms with E-state index in [1.54, 1.807) is 0 Å². The minimum atomic E-state index is 0. The van der Waals surface area contributed by atoms with E-state index in [1.165, 1.54) is 37.7 Å². The van der Waals surface area contributed by atoms with Gasteiger partial charge in [-0.2, -0.15) is 0 Å². The highest BCUT2D eigenvalue weighted by Crippen LogP contribution is 2.32. The van der Waals surface area contributed by atoms with Crippen molar-refractivity contribution in [3.8, 4) is 0 Å². The molecule has 1 aliphatic rings. The van der Waals surface area contributed by atoms with E-state index in [1.807, 2.05) is 12.3 Å². The molecule has 2 N–H and O–H groups in total. The number of rotatable bonds is 2. The summed E-state index contributed by atoms with van der Waals surface area (Å²) >= 11 is 3.34. The van der Waals surface area contributed by atoms with Gasteiger partial charge in [-0.3, -0.25) is 0 Å². The van der Waals surface area contributed by atoms with Crippen LogP contribution in [0.5, 0.6) is 0 Å². The van der Waals surface area contributed by atoms with E-state index in [2.05, 4.69) is 27.0 Å². The molecule has 2 rings (SSSR count). The van der Waals surface area contributed by atoms with E-state index in [0.717, 1.165) is 4.60 Å². The summed E-state index contributed by atoms with van der Waals surface area (Å²) in [5.74, 6) is 0.654. The van der Waals surface area contributed by atoms with Crippen LogP contribution in [0.4, 0.5) is 0 Å². The lowest BCUT2D eigenvalue weighted by Crippen LogP contribution is -2.23. The zero-order chi connectivity index (χ0) is 10.7. The molecule has 1 fully saturated rings. The molecule has 1 atom stereocenters. The second-order valence-corrected chi connectivity index (χ2v) is 5.15. The van der Waals surface area contributed by atoms with E-state index < -0.39 is 0 Å². The van der Waals surface area contributed by atoms with Gasteiger partial charge in [0.25, 0.3) is 0 Å². The molecule has 90 valence electrons. The summed E-state index contributed by atoms with van der Waals surface area (Å²) < 4.78 is 0.877. The van der Waals surface area contributed by atoms with Crippen LogP contribution in [0, 0.1) is 5.92 Å². The first-order valence-electron chi connectivity index (χ1n) is 5.64. The van der Waals surface area contributed by atoms with Crippen molar-refractivity contribution in [2.45, 2.75) is 38.1 Å². The van der Waals surface area contributed by atoms with Gasteiger partial charge < -0.3 is 5.73 Å². The Morgan fingerprint density at radius 2 is 1.94 bits per heavy atom. The summed E-state index contributed by atoms with van der Waals surface area (Å²) in [7, 11) is 0. The Hall–Kier alpha value is -0.120. The Morgan fingerprint density at radius 1 is 1.25 bits per heavy atom. The van der Waals surface area contributed by atoms with Crippen LogP contribution in [0.3, 0.4) is 0 Å². The quantitative estimate of drug-likeness (QED) is 0.843. The molecule has 0 aromatic carbocycles. The highest BCUT2D eigenvalue weighted by Gasteiger charge is 2.21. The number of hydrogen-bond donors (Lipinski definition) is 1. The fraction of sp³-hybridized carbons (Fsp3) is 0.583. The molecule has 0 saturated heterocycles. The summed E-state index contributed by atoms with van der Waals surface area (Å²) in [4.78, 5) is 4.23. The summed E-state index contributed by atoms with van der Waals surface area (Å²) in [6, 6.07) is 4.22. The number of pyridine rings is 1. The van der Waals surface area contributed by atoms with Crippen LogP contribution < -0.4 is 5.73 Å². The molecule has 1 saturated carbocycles. The molecule has 1 aromatic heterocycles. The highest BCUT2D eigenvalue weighted by atomic mass is 79.9. The second-order valence-electron chi connectivity index (χ2n) is 4.34. The van der Waals surface area contributed by atoms with Crippen LogP contribution in [0.15, 0.2) is 22.9 Å². The van der Waals surface area contributed by atoms with E-state index in [0.29, 0.717) is 5.92 Å². The minimum Gasteiger partial charge on any atom is -0.324 e. The summed E-state index contributed by atoms with van der Waals surface area (Å²) in [5.41, 5.74) is 7.44. The molecule has 0 bridgehead atoms. The third kappa shape index (κ3) is 3.44. The van der Waals surface area contributed by atoms with Crippen molar-refractivity contribution in [3.05, 3.63) is 28.5 Å².